The maximum Gasteiger partial charge on any atom is 0.223 e. The molecule has 126 valence electrons. The summed E-state index contributed by atoms with van der Waals surface area (Å²) in [6.07, 6.45) is 4.75. The van der Waals surface area contributed by atoms with Crippen molar-refractivity contribution in [3.63, 3.8) is 0 Å². The molecule has 0 radical (unpaired) electrons. The molecule has 2 aliphatic rings. The molecule has 0 aromatic rings. The van der Waals surface area contributed by atoms with Crippen molar-refractivity contribution in [1.29, 1.82) is 0 Å². The second-order valence-corrected chi connectivity index (χ2v) is 6.46. The summed E-state index contributed by atoms with van der Waals surface area (Å²) in [4.78, 5) is 18.6. The molecule has 1 unspecified atom stereocenters. The van der Waals surface area contributed by atoms with Crippen LogP contribution in [0.2, 0.25) is 0 Å². The number of hydrogen-bond acceptors (Lipinski definition) is 3. The maximum absolute atomic E-state index is 11.5. The minimum Gasteiger partial charge on any atom is -0.357 e. The van der Waals surface area contributed by atoms with E-state index >= 15 is 0 Å². The molecular weight excluding hydrogens is 278 g/mol. The number of amides is 1. The molecule has 0 aromatic heterocycles. The van der Waals surface area contributed by atoms with Crippen LogP contribution >= 0.6 is 0 Å². The average Bonchev–Trinajstić information content (AvgIpc) is 3.39. The van der Waals surface area contributed by atoms with Gasteiger partial charge in [0.15, 0.2) is 5.96 Å². The van der Waals surface area contributed by atoms with Gasteiger partial charge in [0, 0.05) is 37.6 Å². The van der Waals surface area contributed by atoms with Gasteiger partial charge in [-0.15, -0.1) is 0 Å². The Morgan fingerprint density at radius 1 is 1.18 bits per heavy atom. The van der Waals surface area contributed by atoms with Crippen molar-refractivity contribution in [2.75, 3.05) is 33.2 Å². The summed E-state index contributed by atoms with van der Waals surface area (Å²) in [5.41, 5.74) is 0. The van der Waals surface area contributed by atoms with E-state index < -0.39 is 0 Å². The van der Waals surface area contributed by atoms with Crippen LogP contribution < -0.4 is 16.0 Å². The Hall–Kier alpha value is -1.30. The largest absolute Gasteiger partial charge is 0.357 e. The van der Waals surface area contributed by atoms with Gasteiger partial charge in [0.1, 0.15) is 0 Å². The Labute approximate surface area is 134 Å². The van der Waals surface area contributed by atoms with Gasteiger partial charge in [0.2, 0.25) is 5.91 Å². The van der Waals surface area contributed by atoms with Crippen molar-refractivity contribution in [2.24, 2.45) is 10.9 Å². The van der Waals surface area contributed by atoms with Crippen LogP contribution in [0.4, 0.5) is 0 Å². The van der Waals surface area contributed by atoms with Crippen molar-refractivity contribution in [2.45, 2.75) is 51.6 Å². The lowest BCUT2D eigenvalue weighted by molar-refractivity contribution is -0.122. The number of likely N-dealkylation sites (N-methyl/N-ethyl adjacent to an activating group) is 1. The van der Waals surface area contributed by atoms with Crippen LogP contribution in [-0.4, -0.2) is 62.1 Å². The fourth-order valence-corrected chi connectivity index (χ4v) is 2.39. The quantitative estimate of drug-likeness (QED) is 0.330. The molecule has 2 saturated carbocycles. The van der Waals surface area contributed by atoms with E-state index in [2.05, 4.69) is 46.7 Å². The highest BCUT2D eigenvalue weighted by molar-refractivity contribution is 5.81. The minimum absolute atomic E-state index is 0.198. The molecule has 22 heavy (non-hydrogen) atoms. The van der Waals surface area contributed by atoms with Crippen LogP contribution in [0.3, 0.4) is 0 Å². The summed E-state index contributed by atoms with van der Waals surface area (Å²) in [7, 11) is 2.19. The molecule has 0 heterocycles. The number of carbonyl (C=O) groups excluding carboxylic acids is 1. The molecule has 1 atom stereocenters. The smallest absolute Gasteiger partial charge is 0.223 e. The summed E-state index contributed by atoms with van der Waals surface area (Å²) in [6.45, 7) is 7.27. The lowest BCUT2D eigenvalue weighted by Gasteiger charge is -2.23. The summed E-state index contributed by atoms with van der Waals surface area (Å²) in [6, 6.07) is 1.22. The lowest BCUT2D eigenvalue weighted by atomic mass is 10.3. The third-order valence-corrected chi connectivity index (χ3v) is 4.34. The Morgan fingerprint density at radius 2 is 1.86 bits per heavy atom. The number of guanidine groups is 1. The Kier molecular flexibility index (Phi) is 6.49. The zero-order chi connectivity index (χ0) is 15.9. The van der Waals surface area contributed by atoms with Crippen LogP contribution in [0.15, 0.2) is 4.99 Å². The summed E-state index contributed by atoms with van der Waals surface area (Å²) in [5, 5.41) is 9.49. The van der Waals surface area contributed by atoms with Crippen LogP contribution in [0.5, 0.6) is 0 Å². The highest BCUT2D eigenvalue weighted by Crippen LogP contribution is 2.28. The Bertz CT molecular complexity index is 390. The molecule has 6 nitrogen and oxygen atoms in total. The molecule has 0 aliphatic heterocycles. The first-order valence-corrected chi connectivity index (χ1v) is 8.63. The van der Waals surface area contributed by atoms with Crippen molar-refractivity contribution in [3.05, 3.63) is 0 Å². The van der Waals surface area contributed by atoms with Crippen LogP contribution in [-0.2, 0) is 4.79 Å². The average molecular weight is 309 g/mol. The zero-order valence-electron chi connectivity index (χ0n) is 14.2. The monoisotopic (exact) mass is 309 g/mol. The maximum atomic E-state index is 11.5. The molecule has 3 N–H and O–H groups in total. The fraction of sp³-hybridized carbons (Fsp3) is 0.875. The predicted molar refractivity (Wildman–Crippen MR) is 90.0 cm³/mol. The molecule has 2 aliphatic carbocycles. The van der Waals surface area contributed by atoms with Crippen molar-refractivity contribution < 1.29 is 4.79 Å². The second kappa shape index (κ2) is 8.36. The van der Waals surface area contributed by atoms with Crippen LogP contribution in [0.1, 0.15) is 39.5 Å². The Balaban J connectivity index is 1.65. The highest BCUT2D eigenvalue weighted by atomic mass is 16.2. The van der Waals surface area contributed by atoms with Gasteiger partial charge in [0.25, 0.3) is 0 Å². The van der Waals surface area contributed by atoms with E-state index in [0.717, 1.165) is 37.9 Å². The zero-order valence-corrected chi connectivity index (χ0v) is 14.2. The van der Waals surface area contributed by atoms with E-state index in [9.17, 15) is 4.79 Å². The first kappa shape index (κ1) is 17.1. The normalized spacial score (nSPS) is 19.9. The molecule has 0 aromatic carbocycles. The van der Waals surface area contributed by atoms with Crippen molar-refractivity contribution >= 4 is 11.9 Å². The molecule has 2 fully saturated rings. The number of nitrogens with zero attached hydrogens (tertiary/aromatic N) is 2. The van der Waals surface area contributed by atoms with Crippen LogP contribution in [0, 0.1) is 5.92 Å². The van der Waals surface area contributed by atoms with Gasteiger partial charge >= 0.3 is 0 Å². The van der Waals surface area contributed by atoms with E-state index in [1.807, 2.05) is 0 Å². The van der Waals surface area contributed by atoms with Gasteiger partial charge in [-0.2, -0.15) is 0 Å². The number of hydrogen-bond donors (Lipinski definition) is 3. The van der Waals surface area contributed by atoms with Crippen molar-refractivity contribution in [1.82, 2.24) is 20.9 Å². The summed E-state index contributed by atoms with van der Waals surface area (Å²) in [5.74, 6) is 1.31. The molecule has 2 rings (SSSR count). The summed E-state index contributed by atoms with van der Waals surface area (Å²) < 4.78 is 0. The SMILES string of the molecule is CCNC(=NCC(C)N(C)C1CC1)NCCNC(=O)C1CC1. The molecule has 6 heteroatoms. The van der Waals surface area contributed by atoms with E-state index in [1.165, 1.54) is 12.8 Å². The number of rotatable bonds is 9. The van der Waals surface area contributed by atoms with Crippen LogP contribution in [0.25, 0.3) is 0 Å². The van der Waals surface area contributed by atoms with Gasteiger partial charge in [-0.1, -0.05) is 0 Å². The number of carbonyl (C=O) groups is 1. The lowest BCUT2D eigenvalue weighted by Crippen LogP contribution is -2.42. The molecular formula is C16H31N5O. The van der Waals surface area contributed by atoms with Gasteiger partial charge in [0.05, 0.1) is 6.54 Å². The third-order valence-electron chi connectivity index (χ3n) is 4.34. The third kappa shape index (κ3) is 5.83. The molecule has 0 saturated heterocycles. The first-order chi connectivity index (χ1) is 10.6. The second-order valence-electron chi connectivity index (χ2n) is 6.46. The minimum atomic E-state index is 0.198. The molecule has 0 bridgehead atoms. The fourth-order valence-electron chi connectivity index (χ4n) is 2.39. The first-order valence-electron chi connectivity index (χ1n) is 8.63. The standard InChI is InChI=1S/C16H31N5O/c1-4-17-16(19-10-9-18-15(22)13-5-6-13)20-11-12(2)21(3)14-7-8-14/h12-14H,4-11H2,1-3H3,(H,18,22)(H2,17,19,20). The van der Waals surface area contributed by atoms with Gasteiger partial charge in [-0.05, 0) is 46.6 Å². The van der Waals surface area contributed by atoms with E-state index in [-0.39, 0.29) is 11.8 Å². The molecule has 0 spiro atoms. The van der Waals surface area contributed by atoms with E-state index in [0.29, 0.717) is 19.1 Å². The molecule has 1 amide bonds. The Morgan fingerprint density at radius 3 is 2.45 bits per heavy atom. The van der Waals surface area contributed by atoms with Crippen molar-refractivity contribution in [3.8, 4) is 0 Å². The van der Waals surface area contributed by atoms with E-state index in [4.69, 9.17) is 0 Å². The number of aliphatic imine (C=N–C) groups is 1. The number of nitrogens with one attached hydrogen (secondary N) is 3. The predicted octanol–water partition coefficient (Wildman–Crippen LogP) is 0.550. The van der Waals surface area contributed by atoms with Gasteiger partial charge in [-0.3, -0.25) is 14.7 Å². The van der Waals surface area contributed by atoms with Gasteiger partial charge < -0.3 is 16.0 Å². The summed E-state index contributed by atoms with van der Waals surface area (Å²) >= 11 is 0. The topological polar surface area (TPSA) is 68.8 Å². The van der Waals surface area contributed by atoms with Gasteiger partial charge in [-0.25, -0.2) is 0 Å². The highest BCUT2D eigenvalue weighted by Gasteiger charge is 2.29. The van der Waals surface area contributed by atoms with E-state index in [1.54, 1.807) is 0 Å².